The van der Waals surface area contributed by atoms with Crippen molar-refractivity contribution in [2.24, 2.45) is 0 Å². The van der Waals surface area contributed by atoms with Crippen molar-refractivity contribution in [3.05, 3.63) is 40.4 Å². The highest BCUT2D eigenvalue weighted by Crippen LogP contribution is 2.32. The Kier molecular flexibility index (Phi) is 6.57. The molecule has 186 valence electrons. The summed E-state index contributed by atoms with van der Waals surface area (Å²) in [5, 5.41) is 6.65. The van der Waals surface area contributed by atoms with Crippen molar-refractivity contribution in [3.8, 4) is 5.75 Å². The first kappa shape index (κ1) is 23.5. The number of fused-ring (bicyclic) bond motifs is 1. The molecule has 1 aromatic carbocycles. The molecule has 2 aliphatic rings. The maximum Gasteiger partial charge on any atom is 0.274 e. The van der Waals surface area contributed by atoms with Crippen LogP contribution >= 0.6 is 0 Å². The van der Waals surface area contributed by atoms with Crippen LogP contribution in [0.2, 0.25) is 0 Å². The predicted octanol–water partition coefficient (Wildman–Crippen LogP) is 2.35. The van der Waals surface area contributed by atoms with E-state index in [4.69, 9.17) is 9.72 Å². The second-order valence-corrected chi connectivity index (χ2v) is 9.68. The minimum absolute atomic E-state index is 0.0217. The van der Waals surface area contributed by atoms with E-state index in [0.717, 1.165) is 62.8 Å². The normalized spacial score (nSPS) is 19.0. The number of likely N-dealkylation sites (N-methyl/N-ethyl adjacent to an activating group) is 1. The van der Waals surface area contributed by atoms with Crippen LogP contribution in [-0.2, 0) is 0 Å². The molecule has 2 N–H and O–H groups in total. The molecular weight excluding hydrogens is 444 g/mol. The molecular formula is C25H34N8O2. The summed E-state index contributed by atoms with van der Waals surface area (Å²) in [5.41, 5.74) is 3.57. The number of hydrogen-bond acceptors (Lipinski definition) is 9. The number of nitrogens with zero attached hydrogens (tertiary/aromatic N) is 6. The monoisotopic (exact) mass is 478 g/mol. The van der Waals surface area contributed by atoms with E-state index in [-0.39, 0.29) is 17.5 Å². The van der Waals surface area contributed by atoms with Gasteiger partial charge in [-0.2, -0.15) is 4.98 Å². The highest BCUT2D eigenvalue weighted by molar-refractivity contribution is 5.73. The number of aromatic nitrogens is 4. The Bertz CT molecular complexity index is 1260. The third kappa shape index (κ3) is 4.68. The molecule has 2 saturated heterocycles. The van der Waals surface area contributed by atoms with Gasteiger partial charge >= 0.3 is 0 Å². The number of piperazine rings is 1. The summed E-state index contributed by atoms with van der Waals surface area (Å²) < 4.78 is 7.50. The standard InChI is InChI=1S/C25H34N8O2/c1-16(2)22-24(34)33(18-7-8-26-14-18)23-20(28-22)15-27-25(30-23)29-19-6-5-17(13-21(19)35-4)32-11-9-31(3)10-12-32/h5-6,13,15-16,18,26H,7-12,14H2,1-4H3,(H,27,29,30)/t18-/m0/s1. The van der Waals surface area contributed by atoms with E-state index in [1.165, 1.54) is 0 Å². The van der Waals surface area contributed by atoms with Gasteiger partial charge < -0.3 is 25.2 Å². The number of anilines is 3. The third-order valence-electron chi connectivity index (χ3n) is 6.90. The fourth-order valence-electron chi connectivity index (χ4n) is 4.82. The van der Waals surface area contributed by atoms with E-state index in [2.05, 4.69) is 43.5 Å². The number of nitrogens with one attached hydrogen (secondary N) is 2. The van der Waals surface area contributed by atoms with Gasteiger partial charge in [0.15, 0.2) is 5.65 Å². The van der Waals surface area contributed by atoms with Crippen LogP contribution in [0.15, 0.2) is 29.2 Å². The van der Waals surface area contributed by atoms with Crippen molar-refractivity contribution in [1.29, 1.82) is 0 Å². The largest absolute Gasteiger partial charge is 0.494 e. The highest BCUT2D eigenvalue weighted by atomic mass is 16.5. The Hall–Kier alpha value is -3.24. The van der Waals surface area contributed by atoms with Crippen LogP contribution in [0.25, 0.3) is 11.2 Å². The Balaban J connectivity index is 1.49. The lowest BCUT2D eigenvalue weighted by atomic mass is 10.1. The first-order chi connectivity index (χ1) is 16.9. The number of methoxy groups -OCH3 is 1. The topological polar surface area (TPSA) is 100 Å². The minimum Gasteiger partial charge on any atom is -0.494 e. The predicted molar refractivity (Wildman–Crippen MR) is 138 cm³/mol. The Labute approximate surface area is 205 Å². The Morgan fingerprint density at radius 1 is 1.17 bits per heavy atom. The maximum atomic E-state index is 13.4. The summed E-state index contributed by atoms with van der Waals surface area (Å²) in [6.07, 6.45) is 2.57. The van der Waals surface area contributed by atoms with Crippen LogP contribution in [0.4, 0.5) is 17.3 Å². The molecule has 2 fully saturated rings. The molecule has 2 aliphatic heterocycles. The lowest BCUT2D eigenvalue weighted by Gasteiger charge is -2.34. The minimum atomic E-state index is -0.0695. The van der Waals surface area contributed by atoms with Crippen LogP contribution < -0.4 is 25.8 Å². The van der Waals surface area contributed by atoms with Gasteiger partial charge in [0, 0.05) is 50.4 Å². The highest BCUT2D eigenvalue weighted by Gasteiger charge is 2.24. The van der Waals surface area contributed by atoms with E-state index in [1.807, 2.05) is 26.0 Å². The fraction of sp³-hybridized carbons (Fsp3) is 0.520. The molecule has 1 atom stereocenters. The van der Waals surface area contributed by atoms with Gasteiger partial charge in [0.05, 0.1) is 25.0 Å². The van der Waals surface area contributed by atoms with Crippen LogP contribution in [0.3, 0.4) is 0 Å². The van der Waals surface area contributed by atoms with E-state index in [9.17, 15) is 4.79 Å². The molecule has 35 heavy (non-hydrogen) atoms. The van der Waals surface area contributed by atoms with Gasteiger partial charge in [-0.25, -0.2) is 9.97 Å². The summed E-state index contributed by atoms with van der Waals surface area (Å²) in [6.45, 7) is 9.65. The first-order valence-corrected chi connectivity index (χ1v) is 12.3. The van der Waals surface area contributed by atoms with Crippen molar-refractivity contribution < 1.29 is 4.74 Å². The molecule has 0 radical (unpaired) electrons. The van der Waals surface area contributed by atoms with E-state index in [1.54, 1.807) is 17.9 Å². The molecule has 10 nitrogen and oxygen atoms in total. The van der Waals surface area contributed by atoms with Crippen molar-refractivity contribution in [2.75, 3.05) is 63.6 Å². The quantitative estimate of drug-likeness (QED) is 0.553. The second kappa shape index (κ2) is 9.79. The molecule has 10 heteroatoms. The van der Waals surface area contributed by atoms with Gasteiger partial charge in [0.1, 0.15) is 17.0 Å². The van der Waals surface area contributed by atoms with Gasteiger partial charge in [-0.3, -0.25) is 9.36 Å². The van der Waals surface area contributed by atoms with Crippen molar-refractivity contribution in [3.63, 3.8) is 0 Å². The SMILES string of the molecule is COc1cc(N2CCN(C)CC2)ccc1Nc1ncc2nc(C(C)C)c(=O)n([C@H]3CCNC3)c2n1. The molecule has 0 bridgehead atoms. The smallest absolute Gasteiger partial charge is 0.274 e. The van der Waals surface area contributed by atoms with Crippen LogP contribution in [0.5, 0.6) is 5.75 Å². The van der Waals surface area contributed by atoms with Gasteiger partial charge in [-0.15, -0.1) is 0 Å². The maximum absolute atomic E-state index is 13.4. The third-order valence-corrected chi connectivity index (χ3v) is 6.90. The average Bonchev–Trinajstić information content (AvgIpc) is 3.38. The second-order valence-electron chi connectivity index (χ2n) is 9.68. The van der Waals surface area contributed by atoms with Crippen LogP contribution in [0, 0.1) is 0 Å². The molecule has 2 aromatic heterocycles. The number of hydrogen-bond donors (Lipinski definition) is 2. The van der Waals surface area contributed by atoms with Crippen molar-refractivity contribution >= 4 is 28.5 Å². The summed E-state index contributed by atoms with van der Waals surface area (Å²) >= 11 is 0. The van der Waals surface area contributed by atoms with Gasteiger partial charge in [-0.05, 0) is 32.1 Å². The van der Waals surface area contributed by atoms with Crippen LogP contribution in [-0.4, -0.2) is 77.8 Å². The van der Waals surface area contributed by atoms with Crippen LogP contribution in [0.1, 0.15) is 37.9 Å². The molecule has 4 heterocycles. The van der Waals surface area contributed by atoms with Crippen molar-refractivity contribution in [2.45, 2.75) is 32.2 Å². The molecule has 5 rings (SSSR count). The lowest BCUT2D eigenvalue weighted by Crippen LogP contribution is -2.44. The Morgan fingerprint density at radius 2 is 1.97 bits per heavy atom. The molecule has 0 unspecified atom stereocenters. The molecule has 3 aromatic rings. The number of ether oxygens (including phenoxy) is 1. The average molecular weight is 479 g/mol. The molecule has 0 aliphatic carbocycles. The van der Waals surface area contributed by atoms with Gasteiger partial charge in [0.25, 0.3) is 5.56 Å². The number of rotatable bonds is 6. The first-order valence-electron chi connectivity index (χ1n) is 12.3. The van der Waals surface area contributed by atoms with E-state index < -0.39 is 0 Å². The van der Waals surface area contributed by atoms with Gasteiger partial charge in [-0.1, -0.05) is 13.8 Å². The van der Waals surface area contributed by atoms with E-state index >= 15 is 0 Å². The zero-order valence-electron chi connectivity index (χ0n) is 20.9. The lowest BCUT2D eigenvalue weighted by molar-refractivity contribution is 0.312. The van der Waals surface area contributed by atoms with E-state index in [0.29, 0.717) is 22.8 Å². The zero-order valence-corrected chi connectivity index (χ0v) is 20.9. The summed E-state index contributed by atoms with van der Waals surface area (Å²) in [5.74, 6) is 1.14. The molecule has 0 saturated carbocycles. The summed E-state index contributed by atoms with van der Waals surface area (Å²) in [7, 11) is 3.81. The fourth-order valence-corrected chi connectivity index (χ4v) is 4.82. The summed E-state index contributed by atoms with van der Waals surface area (Å²) in [6, 6.07) is 6.18. The van der Waals surface area contributed by atoms with Gasteiger partial charge in [0.2, 0.25) is 5.95 Å². The van der Waals surface area contributed by atoms with Crippen molar-refractivity contribution in [1.82, 2.24) is 29.7 Å². The molecule has 0 amide bonds. The Morgan fingerprint density at radius 3 is 2.66 bits per heavy atom. The summed E-state index contributed by atoms with van der Waals surface area (Å²) in [4.78, 5) is 31.9. The zero-order chi connectivity index (χ0) is 24.5. The molecule has 0 spiro atoms. The number of benzene rings is 1.